The minimum absolute atomic E-state index is 0.317. The summed E-state index contributed by atoms with van der Waals surface area (Å²) in [5.41, 5.74) is 7.81. The average Bonchev–Trinajstić information content (AvgIpc) is 3.70. The minimum Gasteiger partial charge on any atom is -0.490 e. The van der Waals surface area contributed by atoms with Crippen LogP contribution >= 0.6 is 0 Å². The van der Waals surface area contributed by atoms with Gasteiger partial charge in [0, 0.05) is 36.3 Å². The van der Waals surface area contributed by atoms with Gasteiger partial charge < -0.3 is 20.2 Å². The molecule has 8 nitrogen and oxygen atoms in total. The maximum Gasteiger partial charge on any atom is 0.229 e. The SMILES string of the molecule is CNc1ncc(-c2nc3cc(OC4CC4)ccc3o2)c2cc(C3(C(N)=O)CC3)ncc12. The fraction of sp³-hybridized carbons (Fsp3) is 0.304. The number of hydrogen-bond acceptors (Lipinski definition) is 7. The van der Waals surface area contributed by atoms with Crippen molar-refractivity contribution in [2.45, 2.75) is 37.2 Å². The molecule has 2 aliphatic rings. The van der Waals surface area contributed by atoms with Crippen molar-refractivity contribution in [3.05, 3.63) is 42.4 Å². The van der Waals surface area contributed by atoms with Crippen molar-refractivity contribution in [3.8, 4) is 17.2 Å². The van der Waals surface area contributed by atoms with Crippen molar-refractivity contribution >= 4 is 33.6 Å². The molecule has 0 bridgehead atoms. The first-order chi connectivity index (χ1) is 15.1. The van der Waals surface area contributed by atoms with E-state index >= 15 is 0 Å². The lowest BCUT2D eigenvalue weighted by Gasteiger charge is -2.13. The first-order valence-corrected chi connectivity index (χ1v) is 10.4. The molecular formula is C23H21N5O3. The number of carbonyl (C=O) groups is 1. The number of ether oxygens (including phenoxy) is 1. The van der Waals surface area contributed by atoms with Crippen molar-refractivity contribution < 1.29 is 13.9 Å². The van der Waals surface area contributed by atoms with Crippen molar-refractivity contribution in [3.63, 3.8) is 0 Å². The van der Waals surface area contributed by atoms with Crippen LogP contribution in [0.15, 0.2) is 41.1 Å². The molecule has 2 aliphatic carbocycles. The number of benzene rings is 1. The Morgan fingerprint density at radius 2 is 2.03 bits per heavy atom. The highest BCUT2D eigenvalue weighted by atomic mass is 16.5. The highest BCUT2D eigenvalue weighted by Crippen LogP contribution is 2.48. The predicted molar refractivity (Wildman–Crippen MR) is 116 cm³/mol. The van der Waals surface area contributed by atoms with Crippen molar-refractivity contribution in [2.24, 2.45) is 5.73 Å². The summed E-state index contributed by atoms with van der Waals surface area (Å²) in [7, 11) is 1.81. The van der Waals surface area contributed by atoms with Crippen LogP contribution in [0.25, 0.3) is 33.3 Å². The van der Waals surface area contributed by atoms with Gasteiger partial charge in [0.2, 0.25) is 11.8 Å². The Morgan fingerprint density at radius 1 is 1.19 bits per heavy atom. The van der Waals surface area contributed by atoms with Gasteiger partial charge in [-0.15, -0.1) is 0 Å². The van der Waals surface area contributed by atoms with Gasteiger partial charge in [-0.1, -0.05) is 0 Å². The predicted octanol–water partition coefficient (Wildman–Crippen LogP) is 3.54. The molecule has 0 saturated heterocycles. The Balaban J connectivity index is 1.50. The van der Waals surface area contributed by atoms with Gasteiger partial charge in [0.15, 0.2) is 5.58 Å². The van der Waals surface area contributed by atoms with Crippen LogP contribution < -0.4 is 15.8 Å². The molecule has 0 spiro atoms. The summed E-state index contributed by atoms with van der Waals surface area (Å²) >= 11 is 0. The molecule has 2 saturated carbocycles. The molecular weight excluding hydrogens is 394 g/mol. The summed E-state index contributed by atoms with van der Waals surface area (Å²) in [5.74, 6) is 1.61. The number of nitrogens with two attached hydrogens (primary N) is 1. The number of rotatable bonds is 6. The molecule has 0 atom stereocenters. The molecule has 3 heterocycles. The van der Waals surface area contributed by atoms with Gasteiger partial charge in [0.05, 0.1) is 22.8 Å². The van der Waals surface area contributed by atoms with Crippen LogP contribution in [0.2, 0.25) is 0 Å². The van der Waals surface area contributed by atoms with E-state index in [9.17, 15) is 4.79 Å². The van der Waals surface area contributed by atoms with Crippen LogP contribution in [0.1, 0.15) is 31.4 Å². The lowest BCUT2D eigenvalue weighted by molar-refractivity contribution is -0.120. The normalized spacial score (nSPS) is 17.1. The lowest BCUT2D eigenvalue weighted by atomic mass is 9.98. The smallest absolute Gasteiger partial charge is 0.229 e. The summed E-state index contributed by atoms with van der Waals surface area (Å²) in [6.45, 7) is 0. The molecule has 4 aromatic rings. The second-order valence-corrected chi connectivity index (χ2v) is 8.30. The molecule has 2 fully saturated rings. The zero-order valence-electron chi connectivity index (χ0n) is 17.0. The summed E-state index contributed by atoms with van der Waals surface area (Å²) in [6.07, 6.45) is 7.41. The molecule has 8 heteroatoms. The second kappa shape index (κ2) is 6.41. The number of nitrogens with one attached hydrogen (secondary N) is 1. The van der Waals surface area contributed by atoms with Gasteiger partial charge in [-0.05, 0) is 43.9 Å². The van der Waals surface area contributed by atoms with Crippen LogP contribution in [-0.4, -0.2) is 34.0 Å². The second-order valence-electron chi connectivity index (χ2n) is 8.30. The highest BCUT2D eigenvalue weighted by molar-refractivity contribution is 6.01. The first-order valence-electron chi connectivity index (χ1n) is 10.4. The third-order valence-electron chi connectivity index (χ3n) is 6.14. The first kappa shape index (κ1) is 18.1. The number of amides is 1. The van der Waals surface area contributed by atoms with Crippen LogP contribution in [0.5, 0.6) is 5.75 Å². The Labute approximate surface area is 177 Å². The molecule has 31 heavy (non-hydrogen) atoms. The lowest BCUT2D eigenvalue weighted by Crippen LogP contribution is -2.29. The van der Waals surface area contributed by atoms with E-state index in [-0.39, 0.29) is 5.91 Å². The molecule has 3 N–H and O–H groups in total. The number of primary amides is 1. The molecule has 6 rings (SSSR count). The van der Waals surface area contributed by atoms with E-state index in [4.69, 9.17) is 19.9 Å². The largest absolute Gasteiger partial charge is 0.490 e. The van der Waals surface area contributed by atoms with E-state index in [1.54, 1.807) is 12.4 Å². The van der Waals surface area contributed by atoms with E-state index < -0.39 is 5.41 Å². The molecule has 1 amide bonds. The van der Waals surface area contributed by atoms with Gasteiger partial charge >= 0.3 is 0 Å². The van der Waals surface area contributed by atoms with Gasteiger partial charge in [0.1, 0.15) is 17.1 Å². The molecule has 156 valence electrons. The maximum atomic E-state index is 12.0. The summed E-state index contributed by atoms with van der Waals surface area (Å²) < 4.78 is 11.9. The molecule has 3 aromatic heterocycles. The van der Waals surface area contributed by atoms with Crippen LogP contribution in [0.3, 0.4) is 0 Å². The molecule has 0 aliphatic heterocycles. The zero-order valence-corrected chi connectivity index (χ0v) is 17.0. The van der Waals surface area contributed by atoms with Crippen LogP contribution in [-0.2, 0) is 10.2 Å². The third kappa shape index (κ3) is 2.90. The highest BCUT2D eigenvalue weighted by Gasteiger charge is 2.51. The molecule has 0 radical (unpaired) electrons. The molecule has 1 aromatic carbocycles. The Morgan fingerprint density at radius 3 is 2.74 bits per heavy atom. The summed E-state index contributed by atoms with van der Waals surface area (Å²) in [6, 6.07) is 7.60. The monoisotopic (exact) mass is 415 g/mol. The Kier molecular flexibility index (Phi) is 3.74. The van der Waals surface area contributed by atoms with Crippen molar-refractivity contribution in [1.29, 1.82) is 0 Å². The third-order valence-corrected chi connectivity index (χ3v) is 6.14. The Hall–Kier alpha value is -3.68. The maximum absolute atomic E-state index is 12.0. The van der Waals surface area contributed by atoms with Gasteiger partial charge in [-0.25, -0.2) is 9.97 Å². The number of hydrogen-bond donors (Lipinski definition) is 2. The van der Waals surface area contributed by atoms with E-state index in [0.29, 0.717) is 41.9 Å². The van der Waals surface area contributed by atoms with Gasteiger partial charge in [-0.3, -0.25) is 9.78 Å². The topological polar surface area (TPSA) is 116 Å². The van der Waals surface area contributed by atoms with E-state index in [1.807, 2.05) is 31.3 Å². The fourth-order valence-electron chi connectivity index (χ4n) is 3.99. The minimum atomic E-state index is -0.676. The number of anilines is 1. The van der Waals surface area contributed by atoms with E-state index in [1.165, 1.54) is 0 Å². The zero-order chi connectivity index (χ0) is 21.2. The average molecular weight is 415 g/mol. The van der Waals surface area contributed by atoms with Gasteiger partial charge in [-0.2, -0.15) is 0 Å². The van der Waals surface area contributed by atoms with Gasteiger partial charge in [0.25, 0.3) is 0 Å². The number of aromatic nitrogens is 3. The number of nitrogens with zero attached hydrogens (tertiary/aromatic N) is 3. The summed E-state index contributed by atoms with van der Waals surface area (Å²) in [5, 5.41) is 4.78. The van der Waals surface area contributed by atoms with Crippen molar-refractivity contribution in [2.75, 3.05) is 12.4 Å². The van der Waals surface area contributed by atoms with E-state index in [0.717, 1.165) is 40.4 Å². The number of fused-ring (bicyclic) bond motifs is 2. The quantitative estimate of drug-likeness (QED) is 0.495. The fourth-order valence-corrected chi connectivity index (χ4v) is 3.99. The summed E-state index contributed by atoms with van der Waals surface area (Å²) in [4.78, 5) is 25.8. The number of pyridine rings is 2. The number of oxazole rings is 1. The van der Waals surface area contributed by atoms with Crippen LogP contribution in [0.4, 0.5) is 5.82 Å². The Bertz CT molecular complexity index is 1350. The van der Waals surface area contributed by atoms with E-state index in [2.05, 4.69) is 15.3 Å². The number of carbonyl (C=O) groups excluding carboxylic acids is 1. The standard InChI is InChI=1S/C23H21N5O3/c1-25-20-15-10-26-19(23(6-7-23)22(24)29)9-14(15)16(11-27-20)21-28-17-8-13(30-12-2-3-12)4-5-18(17)31-21/h4-5,8-12H,2-3,6-7H2,1H3,(H2,24,29)(H,25,27). The van der Waals surface area contributed by atoms with Crippen LogP contribution in [0, 0.1) is 0 Å². The molecule has 0 unspecified atom stereocenters. The van der Waals surface area contributed by atoms with Crippen molar-refractivity contribution in [1.82, 2.24) is 15.0 Å².